The molecule has 1 rings (SSSR count). The van der Waals surface area contributed by atoms with Gasteiger partial charge in [-0.15, -0.1) is 0 Å². The molecule has 0 aromatic rings. The van der Waals surface area contributed by atoms with Crippen LogP contribution in [0.5, 0.6) is 0 Å². The molecule has 3 amide bonds. The molecular weight excluding hydrogens is 226 g/mol. The van der Waals surface area contributed by atoms with Gasteiger partial charge in [0.15, 0.2) is 0 Å². The maximum absolute atomic E-state index is 11.7. The van der Waals surface area contributed by atoms with Crippen LogP contribution < -0.4 is 11.1 Å². The van der Waals surface area contributed by atoms with E-state index in [9.17, 15) is 19.2 Å². The molecule has 1 fully saturated rings. The van der Waals surface area contributed by atoms with Crippen molar-refractivity contribution in [3.05, 3.63) is 0 Å². The van der Waals surface area contributed by atoms with E-state index in [-0.39, 0.29) is 5.91 Å². The lowest BCUT2D eigenvalue weighted by molar-refractivity contribution is -0.138. The second-order valence-corrected chi connectivity index (χ2v) is 3.88. The van der Waals surface area contributed by atoms with Crippen LogP contribution in [0, 0.1) is 0 Å². The molecule has 0 saturated carbocycles. The summed E-state index contributed by atoms with van der Waals surface area (Å²) in [4.78, 5) is 45.7. The molecule has 0 aromatic heterocycles. The van der Waals surface area contributed by atoms with Gasteiger partial charge in [-0.25, -0.2) is 0 Å². The number of nitrogens with one attached hydrogen (secondary N) is 1. The van der Waals surface area contributed by atoms with Crippen LogP contribution in [0.25, 0.3) is 0 Å². The zero-order valence-corrected chi connectivity index (χ0v) is 9.56. The van der Waals surface area contributed by atoms with Crippen molar-refractivity contribution >= 4 is 23.5 Å². The number of nitrogens with two attached hydrogens (primary N) is 1. The van der Waals surface area contributed by atoms with Crippen molar-refractivity contribution in [2.45, 2.75) is 25.8 Å². The number of carbonyl (C=O) groups is 4. The number of carbonyl (C=O) groups excluding carboxylic acids is 4. The summed E-state index contributed by atoms with van der Waals surface area (Å²) < 4.78 is 0. The first-order valence-corrected chi connectivity index (χ1v) is 5.31. The third-order valence-corrected chi connectivity index (χ3v) is 2.66. The number of Topliss-reactive ketones (excluding diaryl/α,β-unsaturated/α-hetero) is 1. The van der Waals surface area contributed by atoms with Crippen LogP contribution >= 0.6 is 0 Å². The number of hydrogen-bond donors (Lipinski definition) is 2. The van der Waals surface area contributed by atoms with E-state index in [2.05, 4.69) is 5.32 Å². The monoisotopic (exact) mass is 241 g/mol. The highest BCUT2D eigenvalue weighted by atomic mass is 16.2. The molecule has 1 heterocycles. The van der Waals surface area contributed by atoms with E-state index in [0.29, 0.717) is 13.0 Å². The average Bonchev–Trinajstić information content (AvgIpc) is 2.73. The summed E-state index contributed by atoms with van der Waals surface area (Å²) in [6, 6.07) is -0.548. The molecule has 7 heteroatoms. The molecule has 17 heavy (non-hydrogen) atoms. The van der Waals surface area contributed by atoms with E-state index >= 15 is 0 Å². The molecule has 0 bridgehead atoms. The first-order chi connectivity index (χ1) is 7.93. The molecule has 0 aromatic carbocycles. The first kappa shape index (κ1) is 13.1. The normalized spacial score (nSPS) is 18.9. The van der Waals surface area contributed by atoms with Gasteiger partial charge in [0.05, 0.1) is 6.54 Å². The molecule has 0 spiro atoms. The van der Waals surface area contributed by atoms with Gasteiger partial charge in [0.25, 0.3) is 5.91 Å². The highest BCUT2D eigenvalue weighted by Gasteiger charge is 2.32. The Bertz CT molecular complexity index is 367. The van der Waals surface area contributed by atoms with Crippen molar-refractivity contribution in [2.75, 3.05) is 13.1 Å². The summed E-state index contributed by atoms with van der Waals surface area (Å²) in [5.74, 6) is -2.54. The predicted molar refractivity (Wildman–Crippen MR) is 57.6 cm³/mol. The fourth-order valence-electron chi connectivity index (χ4n) is 1.79. The zero-order chi connectivity index (χ0) is 13.0. The fourth-order valence-corrected chi connectivity index (χ4v) is 1.79. The van der Waals surface area contributed by atoms with Crippen molar-refractivity contribution in [1.82, 2.24) is 10.2 Å². The second-order valence-electron chi connectivity index (χ2n) is 3.88. The highest BCUT2D eigenvalue weighted by molar-refractivity contribution is 6.36. The van der Waals surface area contributed by atoms with Gasteiger partial charge in [0.1, 0.15) is 6.04 Å². The smallest absolute Gasteiger partial charge is 0.286 e. The van der Waals surface area contributed by atoms with Gasteiger partial charge < -0.3 is 16.0 Å². The predicted octanol–water partition coefficient (Wildman–Crippen LogP) is -1.83. The Morgan fingerprint density at radius 3 is 2.53 bits per heavy atom. The molecule has 1 saturated heterocycles. The Hall–Kier alpha value is -1.92. The van der Waals surface area contributed by atoms with Crippen LogP contribution in [-0.2, 0) is 19.2 Å². The lowest BCUT2D eigenvalue weighted by Gasteiger charge is -2.22. The lowest BCUT2D eigenvalue weighted by Crippen LogP contribution is -2.47. The molecule has 0 radical (unpaired) electrons. The van der Waals surface area contributed by atoms with Crippen LogP contribution in [0.2, 0.25) is 0 Å². The molecule has 0 unspecified atom stereocenters. The quantitative estimate of drug-likeness (QED) is 0.564. The van der Waals surface area contributed by atoms with Crippen LogP contribution in [0.1, 0.15) is 19.8 Å². The molecule has 0 aliphatic carbocycles. The number of likely N-dealkylation sites (tertiary alicyclic amines) is 1. The van der Waals surface area contributed by atoms with E-state index in [1.54, 1.807) is 0 Å². The van der Waals surface area contributed by atoms with E-state index in [1.165, 1.54) is 11.8 Å². The minimum atomic E-state index is -1.08. The van der Waals surface area contributed by atoms with E-state index in [0.717, 1.165) is 6.42 Å². The molecule has 94 valence electrons. The third-order valence-electron chi connectivity index (χ3n) is 2.66. The minimum Gasteiger partial charge on any atom is -0.363 e. The Morgan fingerprint density at radius 2 is 2.00 bits per heavy atom. The molecule has 1 aliphatic heterocycles. The van der Waals surface area contributed by atoms with Gasteiger partial charge in [-0.05, 0) is 12.8 Å². The maximum Gasteiger partial charge on any atom is 0.286 e. The van der Waals surface area contributed by atoms with Crippen molar-refractivity contribution in [3.63, 3.8) is 0 Å². The Balaban J connectivity index is 2.50. The minimum absolute atomic E-state index is 0.177. The van der Waals surface area contributed by atoms with Crippen molar-refractivity contribution < 1.29 is 19.2 Å². The van der Waals surface area contributed by atoms with Crippen molar-refractivity contribution in [1.29, 1.82) is 0 Å². The van der Waals surface area contributed by atoms with Crippen LogP contribution in [0.15, 0.2) is 0 Å². The SMILES string of the molecule is CC(=O)N1CCC[C@H]1C(=O)NCC(=O)C(N)=O. The Kier molecular flexibility index (Phi) is 4.19. The van der Waals surface area contributed by atoms with Crippen LogP contribution in [-0.4, -0.2) is 47.5 Å². The number of ketones is 1. The van der Waals surface area contributed by atoms with Crippen LogP contribution in [0.3, 0.4) is 0 Å². The summed E-state index contributed by atoms with van der Waals surface area (Å²) in [7, 11) is 0. The third kappa shape index (κ3) is 3.27. The first-order valence-electron chi connectivity index (χ1n) is 5.31. The second kappa shape index (κ2) is 5.42. The van der Waals surface area contributed by atoms with E-state index < -0.39 is 30.2 Å². The molecule has 1 atom stereocenters. The largest absolute Gasteiger partial charge is 0.363 e. The standard InChI is InChI=1S/C10H15N3O4/c1-6(14)13-4-2-3-7(13)10(17)12-5-8(15)9(11)16/h7H,2-5H2,1H3,(H2,11,16)(H,12,17)/t7-/m0/s1. The lowest BCUT2D eigenvalue weighted by atomic mass is 10.2. The van der Waals surface area contributed by atoms with Gasteiger partial charge in [0, 0.05) is 13.5 Å². The topological polar surface area (TPSA) is 110 Å². The molecule has 1 aliphatic rings. The van der Waals surface area contributed by atoms with Crippen molar-refractivity contribution in [3.8, 4) is 0 Å². The Labute approximate surface area is 98.3 Å². The number of hydrogen-bond acceptors (Lipinski definition) is 4. The van der Waals surface area contributed by atoms with E-state index in [4.69, 9.17) is 5.73 Å². The van der Waals surface area contributed by atoms with Crippen LogP contribution in [0.4, 0.5) is 0 Å². The summed E-state index contributed by atoms with van der Waals surface area (Å²) >= 11 is 0. The zero-order valence-electron chi connectivity index (χ0n) is 9.56. The van der Waals surface area contributed by atoms with Gasteiger partial charge in [-0.3, -0.25) is 19.2 Å². The van der Waals surface area contributed by atoms with Crippen molar-refractivity contribution in [2.24, 2.45) is 5.73 Å². The summed E-state index contributed by atoms with van der Waals surface area (Å²) in [6.45, 7) is 1.51. The number of amides is 3. The van der Waals surface area contributed by atoms with Gasteiger partial charge in [0.2, 0.25) is 17.6 Å². The van der Waals surface area contributed by atoms with Gasteiger partial charge in [-0.2, -0.15) is 0 Å². The Morgan fingerprint density at radius 1 is 1.35 bits per heavy atom. The summed E-state index contributed by atoms with van der Waals surface area (Å²) in [5.41, 5.74) is 4.75. The number of rotatable bonds is 4. The fraction of sp³-hybridized carbons (Fsp3) is 0.600. The summed E-state index contributed by atoms with van der Waals surface area (Å²) in [5, 5.41) is 2.31. The number of primary amides is 1. The van der Waals surface area contributed by atoms with Gasteiger partial charge in [-0.1, -0.05) is 0 Å². The van der Waals surface area contributed by atoms with E-state index in [1.807, 2.05) is 0 Å². The highest BCUT2D eigenvalue weighted by Crippen LogP contribution is 2.17. The molecular formula is C10H15N3O4. The number of nitrogens with zero attached hydrogens (tertiary/aromatic N) is 1. The van der Waals surface area contributed by atoms with Gasteiger partial charge >= 0.3 is 0 Å². The maximum atomic E-state index is 11.7. The summed E-state index contributed by atoms with van der Waals surface area (Å²) in [6.07, 6.45) is 1.32. The molecule has 3 N–H and O–H groups in total. The molecule has 7 nitrogen and oxygen atoms in total. The average molecular weight is 241 g/mol.